The van der Waals surface area contributed by atoms with Crippen molar-refractivity contribution in [2.45, 2.75) is 26.6 Å². The maximum Gasteiger partial charge on any atom is 0.416 e. The van der Waals surface area contributed by atoms with Gasteiger partial charge in [0.1, 0.15) is 5.56 Å². The summed E-state index contributed by atoms with van der Waals surface area (Å²) in [7, 11) is 0. The van der Waals surface area contributed by atoms with Gasteiger partial charge in [0, 0.05) is 24.4 Å². The maximum atomic E-state index is 13.3. The van der Waals surface area contributed by atoms with Crippen LogP contribution < -0.4 is 11.2 Å². The fraction of sp³-hybridized carbons (Fsp3) is 0.167. The second-order valence-corrected chi connectivity index (χ2v) is 7.41. The lowest BCUT2D eigenvalue weighted by atomic mass is 10.1. The summed E-state index contributed by atoms with van der Waals surface area (Å²) in [6.45, 7) is 3.21. The molecule has 0 unspecified atom stereocenters. The smallest absolute Gasteiger partial charge is 0.268 e. The summed E-state index contributed by atoms with van der Waals surface area (Å²) in [6.07, 6.45) is -1.15. The van der Waals surface area contributed by atoms with Gasteiger partial charge in [-0.2, -0.15) is 23.0 Å². The number of alkyl halides is 3. The van der Waals surface area contributed by atoms with Gasteiger partial charge in [-0.3, -0.25) is 13.9 Å². The van der Waals surface area contributed by atoms with Gasteiger partial charge in [0.25, 0.3) is 5.56 Å². The lowest BCUT2D eigenvalue weighted by molar-refractivity contribution is -0.336. The fourth-order valence-electron chi connectivity index (χ4n) is 3.80. The molecular weight excluding hydrogens is 433 g/mol. The number of halogens is 3. The van der Waals surface area contributed by atoms with Gasteiger partial charge in [0.05, 0.1) is 29.0 Å². The van der Waals surface area contributed by atoms with Crippen molar-refractivity contribution in [2.24, 2.45) is 0 Å². The molecule has 6 nitrogen and oxygen atoms in total. The molecule has 4 rings (SSSR count). The predicted octanol–water partition coefficient (Wildman–Crippen LogP) is 3.99. The number of benzene rings is 2. The van der Waals surface area contributed by atoms with Crippen molar-refractivity contribution in [3.63, 3.8) is 0 Å². The van der Waals surface area contributed by atoms with E-state index in [0.29, 0.717) is 16.9 Å². The molecule has 1 aliphatic rings. The Hall–Kier alpha value is -4.19. The number of hydrogen-bond acceptors (Lipinski definition) is 3. The van der Waals surface area contributed by atoms with Crippen LogP contribution >= 0.6 is 0 Å². The van der Waals surface area contributed by atoms with Gasteiger partial charge in [0.15, 0.2) is 6.21 Å². The van der Waals surface area contributed by atoms with E-state index in [4.69, 9.17) is 5.26 Å². The summed E-state index contributed by atoms with van der Waals surface area (Å²) < 4.78 is 43.7. The molecule has 0 aliphatic carbocycles. The van der Waals surface area contributed by atoms with E-state index in [2.05, 4.69) is 0 Å². The largest absolute Gasteiger partial charge is 0.416 e. The molecule has 0 amide bonds. The first-order valence-electron chi connectivity index (χ1n) is 10.1. The van der Waals surface area contributed by atoms with Gasteiger partial charge in [-0.05, 0) is 44.2 Å². The third-order valence-electron chi connectivity index (χ3n) is 5.50. The Kier molecular flexibility index (Phi) is 5.38. The van der Waals surface area contributed by atoms with Crippen LogP contribution in [0, 0.1) is 18.3 Å². The van der Waals surface area contributed by atoms with Crippen molar-refractivity contribution in [1.29, 1.82) is 5.26 Å². The standard InChI is InChI=1S/C24H18F3N4O2/c1-3-29-22(32)21(20-11-12-30(20)18-9-7-16(14-28)8-10-18)15(2)31(23(29)33)19-6-4-5-17(13-19)24(25,26)27/h4-13H,3H2,1-2H3/q+1. The number of allylic oxidation sites excluding steroid dienone is 1. The van der Waals surface area contributed by atoms with Crippen LogP contribution in [0.1, 0.15) is 29.3 Å². The van der Waals surface area contributed by atoms with E-state index in [0.717, 1.165) is 21.3 Å². The Bertz CT molecular complexity index is 1480. The van der Waals surface area contributed by atoms with E-state index >= 15 is 0 Å². The molecule has 9 heteroatoms. The molecule has 0 bridgehead atoms. The normalized spacial score (nSPS) is 13.1. The topological polar surface area (TPSA) is 70.8 Å². The molecule has 3 aromatic rings. The molecule has 0 atom stereocenters. The molecule has 0 radical (unpaired) electrons. The average Bonchev–Trinajstić information content (AvgIpc) is 2.76. The van der Waals surface area contributed by atoms with Crippen LogP contribution in [0.15, 0.2) is 64.2 Å². The third kappa shape index (κ3) is 3.69. The third-order valence-corrected chi connectivity index (χ3v) is 5.50. The first kappa shape index (κ1) is 22.0. The summed E-state index contributed by atoms with van der Waals surface area (Å²) in [5.41, 5.74) is 0.00989. The first-order valence-corrected chi connectivity index (χ1v) is 10.1. The Labute approximate surface area is 186 Å². The number of nitriles is 1. The average molecular weight is 451 g/mol. The minimum absolute atomic E-state index is 0.0181. The monoisotopic (exact) mass is 451 g/mol. The van der Waals surface area contributed by atoms with Crippen LogP contribution in [-0.2, 0) is 12.7 Å². The van der Waals surface area contributed by atoms with E-state index in [1.807, 2.05) is 6.07 Å². The quantitative estimate of drug-likeness (QED) is 0.564. The Morgan fingerprint density at radius 2 is 1.79 bits per heavy atom. The second kappa shape index (κ2) is 8.06. The van der Waals surface area contributed by atoms with Gasteiger partial charge in [-0.25, -0.2) is 4.79 Å². The zero-order valence-corrected chi connectivity index (χ0v) is 17.7. The predicted molar refractivity (Wildman–Crippen MR) is 117 cm³/mol. The van der Waals surface area contributed by atoms with E-state index in [-0.39, 0.29) is 23.5 Å². The Morgan fingerprint density at radius 3 is 2.33 bits per heavy atom. The van der Waals surface area contributed by atoms with Gasteiger partial charge in [-0.15, -0.1) is 0 Å². The molecular formula is C24H18F3N4O2+. The van der Waals surface area contributed by atoms with Crippen molar-refractivity contribution >= 4 is 17.6 Å². The van der Waals surface area contributed by atoms with Crippen LogP contribution in [0.2, 0.25) is 0 Å². The van der Waals surface area contributed by atoms with Gasteiger partial charge in [-0.1, -0.05) is 6.07 Å². The van der Waals surface area contributed by atoms with E-state index in [9.17, 15) is 22.8 Å². The molecule has 1 aliphatic heterocycles. The number of aromatic nitrogens is 2. The van der Waals surface area contributed by atoms with Crippen molar-refractivity contribution in [1.82, 2.24) is 9.13 Å². The highest BCUT2D eigenvalue weighted by atomic mass is 19.4. The van der Waals surface area contributed by atoms with Crippen molar-refractivity contribution < 1.29 is 17.7 Å². The summed E-state index contributed by atoms with van der Waals surface area (Å²) in [5.74, 6) is 0. The molecule has 33 heavy (non-hydrogen) atoms. The lowest BCUT2D eigenvalue weighted by Gasteiger charge is -2.19. The summed E-state index contributed by atoms with van der Waals surface area (Å²) in [5, 5.41) is 9.00. The summed E-state index contributed by atoms with van der Waals surface area (Å²) in [4.78, 5) is 26.3. The molecule has 0 spiro atoms. The molecule has 0 fully saturated rings. The van der Waals surface area contributed by atoms with E-state index in [1.165, 1.54) is 19.1 Å². The summed E-state index contributed by atoms with van der Waals surface area (Å²) >= 11 is 0. The molecule has 0 saturated heterocycles. The zero-order valence-electron chi connectivity index (χ0n) is 17.7. The van der Waals surface area contributed by atoms with Gasteiger partial charge < -0.3 is 0 Å². The molecule has 1 aromatic heterocycles. The Morgan fingerprint density at radius 1 is 1.09 bits per heavy atom. The zero-order chi connectivity index (χ0) is 23.9. The minimum atomic E-state index is -4.58. The summed E-state index contributed by atoms with van der Waals surface area (Å²) in [6, 6.07) is 13.2. The highest BCUT2D eigenvalue weighted by Gasteiger charge is 2.33. The lowest BCUT2D eigenvalue weighted by Crippen LogP contribution is -2.43. The van der Waals surface area contributed by atoms with Gasteiger partial charge >= 0.3 is 11.9 Å². The minimum Gasteiger partial charge on any atom is -0.268 e. The van der Waals surface area contributed by atoms with Crippen molar-refractivity contribution in [3.05, 3.63) is 97.8 Å². The molecule has 0 N–H and O–H groups in total. The molecule has 0 saturated carbocycles. The van der Waals surface area contributed by atoms with Crippen molar-refractivity contribution in [3.8, 4) is 11.8 Å². The highest BCUT2D eigenvalue weighted by Crippen LogP contribution is 2.31. The van der Waals surface area contributed by atoms with Crippen LogP contribution in [0.4, 0.5) is 18.9 Å². The number of hydrogen-bond donors (Lipinski definition) is 0. The van der Waals surface area contributed by atoms with Crippen LogP contribution in [0.25, 0.3) is 11.4 Å². The SMILES string of the molecule is CCn1c(=O)c(C2=CC=[N+]2c2ccc(C#N)cc2)c(C)n(-c2cccc(C(F)(F)F)c2)c1=O. The van der Waals surface area contributed by atoms with E-state index < -0.39 is 23.0 Å². The van der Waals surface area contributed by atoms with Crippen molar-refractivity contribution in [2.75, 3.05) is 0 Å². The van der Waals surface area contributed by atoms with Gasteiger partial charge in [0.2, 0.25) is 11.4 Å². The van der Waals surface area contributed by atoms with E-state index in [1.54, 1.807) is 48.1 Å². The molecule has 2 aromatic carbocycles. The molecule has 2 heterocycles. The number of nitrogens with zero attached hydrogens (tertiary/aromatic N) is 4. The molecule has 166 valence electrons. The van der Waals surface area contributed by atoms with Crippen LogP contribution in [-0.4, -0.2) is 19.9 Å². The highest BCUT2D eigenvalue weighted by molar-refractivity contribution is 5.89. The first-order chi connectivity index (χ1) is 15.7. The number of rotatable bonds is 4. The fourth-order valence-corrected chi connectivity index (χ4v) is 3.80. The Balaban J connectivity index is 1.90. The maximum absolute atomic E-state index is 13.3. The van der Waals surface area contributed by atoms with Crippen LogP contribution in [0.3, 0.4) is 0 Å². The second-order valence-electron chi connectivity index (χ2n) is 7.41. The van der Waals surface area contributed by atoms with Crippen LogP contribution in [0.5, 0.6) is 0 Å².